The maximum atomic E-state index is 11.0. The van der Waals surface area contributed by atoms with Gasteiger partial charge in [-0.2, -0.15) is 0 Å². The van der Waals surface area contributed by atoms with Crippen LogP contribution in [0.3, 0.4) is 0 Å². The molecule has 1 heterocycles. The lowest BCUT2D eigenvalue weighted by molar-refractivity contribution is -0.121. The van der Waals surface area contributed by atoms with E-state index in [0.29, 0.717) is 23.2 Å². The molecule has 0 unspecified atom stereocenters. The summed E-state index contributed by atoms with van der Waals surface area (Å²) in [6, 6.07) is 7.10. The number of rotatable bonds is 4. The number of hydrogen-bond donors (Lipinski definition) is 2. The second-order valence-corrected chi connectivity index (χ2v) is 4.02. The van der Waals surface area contributed by atoms with Crippen molar-refractivity contribution < 1.29 is 9.21 Å². The van der Waals surface area contributed by atoms with Gasteiger partial charge in [-0.15, -0.1) is 10.2 Å². The third-order valence-electron chi connectivity index (χ3n) is 2.27. The SMILES string of the molecule is NNC(=O)CCc1nnc(-c2cccc(Cl)c2)o1. The monoisotopic (exact) mass is 266 g/mol. The number of nitrogens with two attached hydrogens (primary N) is 1. The van der Waals surface area contributed by atoms with Gasteiger partial charge in [-0.25, -0.2) is 5.84 Å². The number of nitrogens with one attached hydrogen (secondary N) is 1. The highest BCUT2D eigenvalue weighted by Gasteiger charge is 2.10. The second kappa shape index (κ2) is 5.61. The number of hydrazine groups is 1. The molecule has 2 aromatic rings. The van der Waals surface area contributed by atoms with Crippen molar-refractivity contribution in [1.29, 1.82) is 0 Å². The van der Waals surface area contributed by atoms with Crippen LogP contribution in [0.4, 0.5) is 0 Å². The Labute approximate surface area is 108 Å². The van der Waals surface area contributed by atoms with E-state index in [2.05, 4.69) is 10.2 Å². The molecule has 0 aliphatic rings. The number of amides is 1. The van der Waals surface area contributed by atoms with Crippen molar-refractivity contribution in [3.8, 4) is 11.5 Å². The first-order chi connectivity index (χ1) is 8.69. The van der Waals surface area contributed by atoms with Crippen molar-refractivity contribution in [2.45, 2.75) is 12.8 Å². The quantitative estimate of drug-likeness (QED) is 0.494. The van der Waals surface area contributed by atoms with Crippen molar-refractivity contribution >= 4 is 17.5 Å². The smallest absolute Gasteiger partial charge is 0.247 e. The first kappa shape index (κ1) is 12.5. The van der Waals surface area contributed by atoms with Gasteiger partial charge in [-0.3, -0.25) is 10.2 Å². The fraction of sp³-hybridized carbons (Fsp3) is 0.182. The summed E-state index contributed by atoms with van der Waals surface area (Å²) in [7, 11) is 0. The molecule has 7 heteroatoms. The van der Waals surface area contributed by atoms with Gasteiger partial charge >= 0.3 is 0 Å². The predicted octanol–water partition coefficient (Wildman–Crippen LogP) is 1.31. The minimum Gasteiger partial charge on any atom is -0.421 e. The molecule has 1 aromatic carbocycles. The average Bonchev–Trinajstić information content (AvgIpc) is 2.84. The summed E-state index contributed by atoms with van der Waals surface area (Å²) in [5.41, 5.74) is 2.78. The Morgan fingerprint density at radius 3 is 3.00 bits per heavy atom. The Kier molecular flexibility index (Phi) is 3.91. The van der Waals surface area contributed by atoms with Gasteiger partial charge in [0.2, 0.25) is 17.7 Å². The van der Waals surface area contributed by atoms with Crippen LogP contribution in [0.2, 0.25) is 5.02 Å². The Balaban J connectivity index is 2.08. The number of halogens is 1. The number of benzene rings is 1. The highest BCUT2D eigenvalue weighted by Crippen LogP contribution is 2.21. The Hall–Kier alpha value is -1.92. The molecule has 6 nitrogen and oxygen atoms in total. The summed E-state index contributed by atoms with van der Waals surface area (Å²) in [4.78, 5) is 11.0. The third kappa shape index (κ3) is 3.06. The lowest BCUT2D eigenvalue weighted by Gasteiger charge is -1.96. The van der Waals surface area contributed by atoms with E-state index in [-0.39, 0.29) is 12.3 Å². The Bertz CT molecular complexity index is 555. The topological polar surface area (TPSA) is 94.0 Å². The molecule has 1 amide bonds. The van der Waals surface area contributed by atoms with Gasteiger partial charge in [0.15, 0.2) is 0 Å². The van der Waals surface area contributed by atoms with Crippen molar-refractivity contribution in [2.75, 3.05) is 0 Å². The molecular weight excluding hydrogens is 256 g/mol. The van der Waals surface area contributed by atoms with Crippen LogP contribution in [0.5, 0.6) is 0 Å². The molecule has 2 rings (SSSR count). The van der Waals surface area contributed by atoms with Crippen molar-refractivity contribution in [2.24, 2.45) is 5.84 Å². The lowest BCUT2D eigenvalue weighted by Crippen LogP contribution is -2.30. The standard InChI is InChI=1S/C11H11ClN4O2/c12-8-3-1-2-7(6-8)11-16-15-10(18-11)5-4-9(17)14-13/h1-3,6H,4-5,13H2,(H,14,17). The second-order valence-electron chi connectivity index (χ2n) is 3.58. The molecule has 3 N–H and O–H groups in total. The fourth-order valence-corrected chi connectivity index (χ4v) is 1.58. The van der Waals surface area contributed by atoms with Crippen LogP contribution in [0.25, 0.3) is 11.5 Å². The third-order valence-corrected chi connectivity index (χ3v) is 2.50. The molecule has 0 atom stereocenters. The zero-order valence-electron chi connectivity index (χ0n) is 9.39. The summed E-state index contributed by atoms with van der Waals surface area (Å²) in [5.74, 6) is 5.45. The first-order valence-corrected chi connectivity index (χ1v) is 5.64. The fourth-order valence-electron chi connectivity index (χ4n) is 1.39. The van der Waals surface area contributed by atoms with Crippen LogP contribution in [-0.2, 0) is 11.2 Å². The van der Waals surface area contributed by atoms with Gasteiger partial charge in [-0.1, -0.05) is 17.7 Å². The Morgan fingerprint density at radius 1 is 1.44 bits per heavy atom. The first-order valence-electron chi connectivity index (χ1n) is 5.27. The maximum Gasteiger partial charge on any atom is 0.247 e. The molecule has 0 fully saturated rings. The molecule has 18 heavy (non-hydrogen) atoms. The van der Waals surface area contributed by atoms with E-state index in [1.54, 1.807) is 18.2 Å². The molecule has 0 radical (unpaired) electrons. The van der Waals surface area contributed by atoms with Crippen molar-refractivity contribution in [3.63, 3.8) is 0 Å². The molecular formula is C11H11ClN4O2. The molecule has 94 valence electrons. The van der Waals surface area contributed by atoms with E-state index < -0.39 is 0 Å². The van der Waals surface area contributed by atoms with Crippen LogP contribution >= 0.6 is 11.6 Å². The van der Waals surface area contributed by atoms with Gasteiger partial charge < -0.3 is 4.42 Å². The summed E-state index contributed by atoms with van der Waals surface area (Å²) >= 11 is 5.87. The van der Waals surface area contributed by atoms with Crippen LogP contribution < -0.4 is 11.3 Å². The molecule has 0 aliphatic carbocycles. The number of hydrogen-bond acceptors (Lipinski definition) is 5. The Morgan fingerprint density at radius 2 is 2.28 bits per heavy atom. The van der Waals surface area contributed by atoms with Crippen molar-refractivity contribution in [1.82, 2.24) is 15.6 Å². The number of nitrogens with zero attached hydrogens (tertiary/aromatic N) is 2. The molecule has 0 spiro atoms. The molecule has 0 saturated heterocycles. The van der Waals surface area contributed by atoms with Crippen LogP contribution in [0.1, 0.15) is 12.3 Å². The minimum absolute atomic E-state index is 0.202. The largest absolute Gasteiger partial charge is 0.421 e. The van der Waals surface area contributed by atoms with E-state index in [1.807, 2.05) is 11.5 Å². The molecule has 0 saturated carbocycles. The van der Waals surface area contributed by atoms with E-state index in [1.165, 1.54) is 0 Å². The number of aryl methyl sites for hydroxylation is 1. The number of carbonyl (C=O) groups is 1. The zero-order valence-corrected chi connectivity index (χ0v) is 10.1. The van der Waals surface area contributed by atoms with Gasteiger partial charge in [0.05, 0.1) is 0 Å². The predicted molar refractivity (Wildman–Crippen MR) is 65.4 cm³/mol. The molecule has 1 aromatic heterocycles. The maximum absolute atomic E-state index is 11.0. The van der Waals surface area contributed by atoms with Crippen LogP contribution in [0.15, 0.2) is 28.7 Å². The van der Waals surface area contributed by atoms with Crippen molar-refractivity contribution in [3.05, 3.63) is 35.2 Å². The molecule has 0 aliphatic heterocycles. The molecule has 0 bridgehead atoms. The van der Waals surface area contributed by atoms with Gasteiger partial charge in [0.1, 0.15) is 0 Å². The summed E-state index contributed by atoms with van der Waals surface area (Å²) in [5, 5.41) is 8.33. The number of carbonyl (C=O) groups excluding carboxylic acids is 1. The van der Waals surface area contributed by atoms with Gasteiger partial charge in [-0.05, 0) is 18.2 Å². The summed E-state index contributed by atoms with van der Waals surface area (Å²) in [6.07, 6.45) is 0.546. The summed E-state index contributed by atoms with van der Waals surface area (Å²) in [6.45, 7) is 0. The zero-order chi connectivity index (χ0) is 13.0. The average molecular weight is 267 g/mol. The van der Waals surface area contributed by atoms with E-state index >= 15 is 0 Å². The highest BCUT2D eigenvalue weighted by molar-refractivity contribution is 6.30. The lowest BCUT2D eigenvalue weighted by atomic mass is 10.2. The minimum atomic E-state index is -0.280. The van der Waals surface area contributed by atoms with Crippen LogP contribution in [-0.4, -0.2) is 16.1 Å². The number of aromatic nitrogens is 2. The van der Waals surface area contributed by atoms with E-state index in [0.717, 1.165) is 5.56 Å². The van der Waals surface area contributed by atoms with Gasteiger partial charge in [0, 0.05) is 23.4 Å². The summed E-state index contributed by atoms with van der Waals surface area (Å²) < 4.78 is 5.42. The van der Waals surface area contributed by atoms with Gasteiger partial charge in [0.25, 0.3) is 0 Å². The normalized spacial score (nSPS) is 10.3. The van der Waals surface area contributed by atoms with Crippen LogP contribution in [0, 0.1) is 0 Å². The van der Waals surface area contributed by atoms with E-state index in [4.69, 9.17) is 21.9 Å². The highest BCUT2D eigenvalue weighted by atomic mass is 35.5. The van der Waals surface area contributed by atoms with E-state index in [9.17, 15) is 4.79 Å².